The number of nitrogens with one attached hydrogen (secondary N) is 2. The van der Waals surface area contributed by atoms with Crippen LogP contribution >= 0.6 is 0 Å². The molecule has 4 heterocycles. The minimum Gasteiger partial charge on any atom is -0.378 e. The molecule has 2 aliphatic heterocycles. The Morgan fingerprint density at radius 2 is 2.04 bits per heavy atom. The molecule has 2 aliphatic rings. The van der Waals surface area contributed by atoms with Crippen LogP contribution < -0.4 is 10.2 Å². The molecule has 7 heteroatoms. The first-order chi connectivity index (χ1) is 12.7. The fourth-order valence-electron chi connectivity index (χ4n) is 3.78. The molecule has 7 nitrogen and oxygen atoms in total. The van der Waals surface area contributed by atoms with Crippen molar-refractivity contribution in [1.29, 1.82) is 0 Å². The van der Waals surface area contributed by atoms with Gasteiger partial charge in [0.1, 0.15) is 11.5 Å². The second-order valence-corrected chi connectivity index (χ2v) is 7.19. The summed E-state index contributed by atoms with van der Waals surface area (Å²) in [4.78, 5) is 17.7. The summed E-state index contributed by atoms with van der Waals surface area (Å²) in [5.41, 5.74) is 2.02. The molecule has 26 heavy (non-hydrogen) atoms. The molecule has 0 spiro atoms. The van der Waals surface area contributed by atoms with Crippen molar-refractivity contribution in [2.75, 3.05) is 56.2 Å². The summed E-state index contributed by atoms with van der Waals surface area (Å²) < 4.78 is 5.46. The number of piperidine rings is 1. The molecular formula is C19H28N6O. The van der Waals surface area contributed by atoms with Crippen molar-refractivity contribution in [3.8, 4) is 0 Å². The zero-order chi connectivity index (χ0) is 17.9. The van der Waals surface area contributed by atoms with Gasteiger partial charge in [0.25, 0.3) is 0 Å². The lowest BCUT2D eigenvalue weighted by Gasteiger charge is -2.32. The smallest absolute Gasteiger partial charge is 0.229 e. The number of morpholine rings is 1. The van der Waals surface area contributed by atoms with Gasteiger partial charge in [-0.25, -0.2) is 0 Å². The summed E-state index contributed by atoms with van der Waals surface area (Å²) >= 11 is 0. The van der Waals surface area contributed by atoms with E-state index in [4.69, 9.17) is 14.7 Å². The van der Waals surface area contributed by atoms with Gasteiger partial charge in [-0.3, -0.25) is 4.90 Å². The van der Waals surface area contributed by atoms with E-state index < -0.39 is 0 Å². The number of ether oxygens (including phenoxy) is 1. The van der Waals surface area contributed by atoms with E-state index in [1.54, 1.807) is 0 Å². The van der Waals surface area contributed by atoms with Crippen LogP contribution in [0.25, 0.3) is 11.0 Å². The quantitative estimate of drug-likeness (QED) is 0.800. The normalized spacial score (nSPS) is 19.8. The Bertz CT molecular complexity index is 759. The summed E-state index contributed by atoms with van der Waals surface area (Å²) in [6, 6.07) is 2.58. The molecule has 2 fully saturated rings. The second-order valence-electron chi connectivity index (χ2n) is 7.19. The Labute approximate surface area is 154 Å². The van der Waals surface area contributed by atoms with Crippen molar-refractivity contribution in [2.24, 2.45) is 0 Å². The Morgan fingerprint density at radius 3 is 2.77 bits per heavy atom. The molecule has 0 radical (unpaired) electrons. The zero-order valence-electron chi connectivity index (χ0n) is 15.5. The first-order valence-electron chi connectivity index (χ1n) is 9.53. The van der Waals surface area contributed by atoms with Crippen LogP contribution in [0.5, 0.6) is 0 Å². The predicted molar refractivity (Wildman–Crippen MR) is 105 cm³/mol. The fourth-order valence-corrected chi connectivity index (χ4v) is 3.78. The molecule has 2 saturated heterocycles. The van der Waals surface area contributed by atoms with Crippen molar-refractivity contribution >= 4 is 22.8 Å². The van der Waals surface area contributed by atoms with Crippen molar-refractivity contribution in [3.63, 3.8) is 0 Å². The number of aromatic amines is 1. The highest BCUT2D eigenvalue weighted by Gasteiger charge is 2.22. The number of aromatic nitrogens is 3. The third kappa shape index (κ3) is 3.68. The highest BCUT2D eigenvalue weighted by molar-refractivity contribution is 5.89. The van der Waals surface area contributed by atoms with Gasteiger partial charge in [0, 0.05) is 44.5 Å². The van der Waals surface area contributed by atoms with Gasteiger partial charge in [-0.1, -0.05) is 6.08 Å². The van der Waals surface area contributed by atoms with Crippen molar-refractivity contribution < 1.29 is 4.74 Å². The predicted octanol–water partition coefficient (Wildman–Crippen LogP) is 2.17. The lowest BCUT2D eigenvalue weighted by Crippen LogP contribution is -2.39. The zero-order valence-corrected chi connectivity index (χ0v) is 15.5. The number of aryl methyl sites for hydroxylation is 1. The van der Waals surface area contributed by atoms with E-state index in [9.17, 15) is 0 Å². The van der Waals surface area contributed by atoms with E-state index in [1.165, 1.54) is 0 Å². The molecule has 0 atom stereocenters. The number of likely N-dealkylation sites (tertiary alicyclic amines) is 1. The van der Waals surface area contributed by atoms with Gasteiger partial charge in [0.15, 0.2) is 0 Å². The Morgan fingerprint density at radius 1 is 1.27 bits per heavy atom. The van der Waals surface area contributed by atoms with Crippen LogP contribution in [0, 0.1) is 6.92 Å². The van der Waals surface area contributed by atoms with Gasteiger partial charge in [0.05, 0.1) is 18.6 Å². The monoisotopic (exact) mass is 356 g/mol. The summed E-state index contributed by atoms with van der Waals surface area (Å²) in [7, 11) is 0. The third-order valence-corrected chi connectivity index (χ3v) is 5.22. The number of fused-ring (bicyclic) bond motifs is 1. The van der Waals surface area contributed by atoms with Crippen LogP contribution in [0.15, 0.2) is 18.7 Å². The van der Waals surface area contributed by atoms with Crippen LogP contribution in [-0.4, -0.2) is 71.8 Å². The molecule has 2 aromatic rings. The molecular weight excluding hydrogens is 328 g/mol. The molecule has 0 bridgehead atoms. The minimum absolute atomic E-state index is 0.446. The molecule has 2 aromatic heterocycles. The molecule has 4 rings (SSSR count). The molecule has 0 unspecified atom stereocenters. The Kier molecular flexibility index (Phi) is 5.08. The van der Waals surface area contributed by atoms with Crippen molar-refractivity contribution in [3.05, 3.63) is 24.4 Å². The van der Waals surface area contributed by atoms with E-state index in [1.807, 2.05) is 6.08 Å². The number of H-pyrrole nitrogens is 1. The Balaban J connectivity index is 1.56. The first-order valence-corrected chi connectivity index (χ1v) is 9.53. The molecule has 0 aromatic carbocycles. The van der Waals surface area contributed by atoms with E-state index in [-0.39, 0.29) is 0 Å². The topological polar surface area (TPSA) is 69.3 Å². The average molecular weight is 356 g/mol. The molecule has 0 saturated carbocycles. The number of nitrogens with zero attached hydrogens (tertiary/aromatic N) is 4. The fraction of sp³-hybridized carbons (Fsp3) is 0.579. The van der Waals surface area contributed by atoms with E-state index >= 15 is 0 Å². The third-order valence-electron chi connectivity index (χ3n) is 5.22. The maximum Gasteiger partial charge on any atom is 0.229 e. The Hall–Kier alpha value is -2.12. The first kappa shape index (κ1) is 17.3. The molecule has 0 amide bonds. The van der Waals surface area contributed by atoms with Crippen molar-refractivity contribution in [2.45, 2.75) is 25.8 Å². The largest absolute Gasteiger partial charge is 0.378 e. The number of hydrogen-bond acceptors (Lipinski definition) is 6. The summed E-state index contributed by atoms with van der Waals surface area (Å²) in [5.74, 6) is 1.73. The van der Waals surface area contributed by atoms with E-state index in [0.717, 1.165) is 87.3 Å². The maximum absolute atomic E-state index is 5.46. The van der Waals surface area contributed by atoms with Crippen LogP contribution in [-0.2, 0) is 4.74 Å². The second kappa shape index (κ2) is 7.63. The summed E-state index contributed by atoms with van der Waals surface area (Å²) in [6.45, 7) is 12.2. The van der Waals surface area contributed by atoms with E-state index in [0.29, 0.717) is 6.04 Å². The van der Waals surface area contributed by atoms with Gasteiger partial charge in [-0.05, 0) is 25.8 Å². The van der Waals surface area contributed by atoms with Gasteiger partial charge in [-0.15, -0.1) is 6.58 Å². The van der Waals surface area contributed by atoms with Gasteiger partial charge >= 0.3 is 0 Å². The highest BCUT2D eigenvalue weighted by Crippen LogP contribution is 2.27. The van der Waals surface area contributed by atoms with E-state index in [2.05, 4.69) is 39.7 Å². The number of rotatable bonds is 5. The van der Waals surface area contributed by atoms with Gasteiger partial charge in [-0.2, -0.15) is 9.97 Å². The summed E-state index contributed by atoms with van der Waals surface area (Å²) in [6.07, 6.45) is 4.23. The standard InChI is InChI=1S/C19H28N6O/c1-3-6-24-7-4-15(5-8-24)21-18-16-13-14(2)20-17(16)22-19(23-18)25-9-11-26-12-10-25/h3,13,15H,1,4-12H2,2H3,(H2,20,21,22,23). The average Bonchev–Trinajstić information content (AvgIpc) is 3.05. The minimum atomic E-state index is 0.446. The van der Waals surface area contributed by atoms with Gasteiger partial charge in [0.2, 0.25) is 5.95 Å². The van der Waals surface area contributed by atoms with Crippen molar-refractivity contribution in [1.82, 2.24) is 19.9 Å². The maximum atomic E-state index is 5.46. The van der Waals surface area contributed by atoms with Crippen LogP contribution in [0.1, 0.15) is 18.5 Å². The lowest BCUT2D eigenvalue weighted by atomic mass is 10.0. The van der Waals surface area contributed by atoms with Crippen LogP contribution in [0.3, 0.4) is 0 Å². The van der Waals surface area contributed by atoms with Gasteiger partial charge < -0.3 is 19.9 Å². The lowest BCUT2D eigenvalue weighted by molar-refractivity contribution is 0.122. The summed E-state index contributed by atoms with van der Waals surface area (Å²) in [5, 5.41) is 4.77. The molecule has 0 aliphatic carbocycles. The van der Waals surface area contributed by atoms with Crippen LogP contribution in [0.2, 0.25) is 0 Å². The SMILES string of the molecule is C=CCN1CCC(Nc2nc(N3CCOCC3)nc3[nH]c(C)cc23)CC1. The highest BCUT2D eigenvalue weighted by atomic mass is 16.5. The van der Waals surface area contributed by atoms with Crippen LogP contribution in [0.4, 0.5) is 11.8 Å². The molecule has 140 valence electrons. The molecule has 2 N–H and O–H groups in total. The number of anilines is 2. The number of hydrogen-bond donors (Lipinski definition) is 2.